The van der Waals surface area contributed by atoms with Crippen LogP contribution >= 0.6 is 0 Å². The van der Waals surface area contributed by atoms with Gasteiger partial charge in [0.15, 0.2) is 0 Å². The highest BCUT2D eigenvalue weighted by Gasteiger charge is 2.30. The molecule has 0 fully saturated rings. The number of fused-ring (bicyclic) bond motifs is 3. The third kappa shape index (κ3) is 4.48. The maximum atomic E-state index is 12.9. The number of carbonyl (C=O) groups excluding carboxylic acids is 1. The van der Waals surface area contributed by atoms with Gasteiger partial charge in [-0.3, -0.25) is 19.1 Å². The average Bonchev–Trinajstić information content (AvgIpc) is 3.56. The summed E-state index contributed by atoms with van der Waals surface area (Å²) >= 11 is 0. The molecule has 1 atom stereocenters. The number of anilines is 1. The molecule has 1 aromatic carbocycles. The lowest BCUT2D eigenvalue weighted by Gasteiger charge is -2.33. The Kier molecular flexibility index (Phi) is 5.98. The van der Waals surface area contributed by atoms with Crippen molar-refractivity contribution in [1.29, 1.82) is 0 Å². The monoisotopic (exact) mass is 476 g/mol. The second-order valence-electron chi connectivity index (χ2n) is 8.86. The van der Waals surface area contributed by atoms with E-state index in [0.29, 0.717) is 25.2 Å². The molecule has 5 rings (SSSR count). The summed E-state index contributed by atoms with van der Waals surface area (Å²) in [5.74, 6) is 0.617. The summed E-state index contributed by atoms with van der Waals surface area (Å²) in [6.45, 7) is 2.99. The number of nitrogens with zero attached hydrogens (tertiary/aromatic N) is 7. The second-order valence-corrected chi connectivity index (χ2v) is 8.86. The zero-order valence-corrected chi connectivity index (χ0v) is 19.8. The first-order chi connectivity index (χ1) is 16.9. The lowest BCUT2D eigenvalue weighted by molar-refractivity contribution is -0.121. The number of hydrogen-bond acceptors (Lipinski definition) is 5. The SMILES string of the molecule is C[C@H]1CCc2c(ccc3c2nc(CCn2cccn2)n3CC(=O)NCc2ccn(C)n2)N1C(=O)O. The number of aryl methyl sites for hydroxylation is 4. The van der Waals surface area contributed by atoms with Crippen LogP contribution in [0.25, 0.3) is 11.0 Å². The number of hydrogen-bond donors (Lipinski definition) is 2. The van der Waals surface area contributed by atoms with E-state index in [9.17, 15) is 14.7 Å². The van der Waals surface area contributed by atoms with Crippen LogP contribution in [0.2, 0.25) is 0 Å². The van der Waals surface area contributed by atoms with Crippen LogP contribution in [0, 0.1) is 0 Å². The van der Waals surface area contributed by atoms with Gasteiger partial charge in [0.2, 0.25) is 5.91 Å². The molecule has 0 unspecified atom stereocenters. The van der Waals surface area contributed by atoms with Gasteiger partial charge in [-0.05, 0) is 44.0 Å². The summed E-state index contributed by atoms with van der Waals surface area (Å²) in [6, 6.07) is 7.34. The van der Waals surface area contributed by atoms with Crippen molar-refractivity contribution in [3.63, 3.8) is 0 Å². The van der Waals surface area contributed by atoms with E-state index in [1.54, 1.807) is 10.9 Å². The third-order valence-corrected chi connectivity index (χ3v) is 6.46. The summed E-state index contributed by atoms with van der Waals surface area (Å²) in [4.78, 5) is 31.2. The van der Waals surface area contributed by atoms with Gasteiger partial charge in [0, 0.05) is 50.2 Å². The van der Waals surface area contributed by atoms with Crippen LogP contribution in [0.3, 0.4) is 0 Å². The Balaban J connectivity index is 1.47. The molecule has 0 radical (unpaired) electrons. The number of carboxylic acid groups (broad SMARTS) is 1. The summed E-state index contributed by atoms with van der Waals surface area (Å²) in [6.07, 6.45) is 6.52. The van der Waals surface area contributed by atoms with E-state index in [-0.39, 0.29) is 18.5 Å². The molecule has 1 aliphatic heterocycles. The minimum absolute atomic E-state index is 0.101. The minimum Gasteiger partial charge on any atom is -0.465 e. The largest absolute Gasteiger partial charge is 0.465 e. The molecule has 0 saturated heterocycles. The fourth-order valence-electron chi connectivity index (χ4n) is 4.73. The Bertz CT molecular complexity index is 1370. The Morgan fingerprint density at radius 1 is 1.23 bits per heavy atom. The highest BCUT2D eigenvalue weighted by molar-refractivity contribution is 5.95. The van der Waals surface area contributed by atoms with Gasteiger partial charge in [-0.1, -0.05) is 0 Å². The maximum Gasteiger partial charge on any atom is 0.412 e. The number of carbonyl (C=O) groups is 2. The molecule has 4 heterocycles. The van der Waals surface area contributed by atoms with Gasteiger partial charge >= 0.3 is 6.09 Å². The van der Waals surface area contributed by atoms with Crippen molar-refractivity contribution in [2.45, 2.75) is 51.9 Å². The number of amides is 2. The predicted molar refractivity (Wildman–Crippen MR) is 129 cm³/mol. The van der Waals surface area contributed by atoms with Crippen LogP contribution in [0.1, 0.15) is 30.4 Å². The first kappa shape index (κ1) is 22.6. The van der Waals surface area contributed by atoms with E-state index in [4.69, 9.17) is 4.98 Å². The van der Waals surface area contributed by atoms with Crippen LogP contribution in [0.5, 0.6) is 0 Å². The Hall–Kier alpha value is -4.15. The summed E-state index contributed by atoms with van der Waals surface area (Å²) in [5, 5.41) is 21.3. The second kappa shape index (κ2) is 9.24. The lowest BCUT2D eigenvalue weighted by atomic mass is 9.96. The van der Waals surface area contributed by atoms with Crippen LogP contribution in [0.15, 0.2) is 42.9 Å². The van der Waals surface area contributed by atoms with Crippen molar-refractivity contribution in [1.82, 2.24) is 34.4 Å². The highest BCUT2D eigenvalue weighted by atomic mass is 16.4. The molecule has 35 heavy (non-hydrogen) atoms. The summed E-state index contributed by atoms with van der Waals surface area (Å²) in [7, 11) is 1.84. The van der Waals surface area contributed by atoms with Gasteiger partial charge in [0.1, 0.15) is 12.4 Å². The van der Waals surface area contributed by atoms with Crippen molar-refractivity contribution in [3.05, 3.63) is 59.9 Å². The summed E-state index contributed by atoms with van der Waals surface area (Å²) in [5.41, 5.74) is 3.95. The van der Waals surface area contributed by atoms with E-state index in [0.717, 1.165) is 41.0 Å². The molecular formula is C24H28N8O3. The van der Waals surface area contributed by atoms with Crippen LogP contribution in [-0.2, 0) is 44.3 Å². The van der Waals surface area contributed by atoms with Gasteiger partial charge in [0.25, 0.3) is 0 Å². The van der Waals surface area contributed by atoms with Crippen molar-refractivity contribution < 1.29 is 14.7 Å². The zero-order chi connectivity index (χ0) is 24.5. The first-order valence-electron chi connectivity index (χ1n) is 11.7. The molecular weight excluding hydrogens is 448 g/mol. The van der Waals surface area contributed by atoms with Crippen molar-refractivity contribution in [3.8, 4) is 0 Å². The first-order valence-corrected chi connectivity index (χ1v) is 11.7. The van der Waals surface area contributed by atoms with E-state index in [2.05, 4.69) is 15.5 Å². The maximum absolute atomic E-state index is 12.9. The standard InChI is InChI=1S/C24H28N8O3/c1-16-4-5-18-19(32(16)24(34)35)6-7-20-23(18)27-21(9-13-30-11-3-10-26-30)31(20)15-22(33)25-14-17-8-12-29(2)28-17/h3,6-8,10-12,16H,4-5,9,13-15H2,1-2H3,(H,25,33)(H,34,35)/t16-/m0/s1. The topological polar surface area (TPSA) is 123 Å². The van der Waals surface area contributed by atoms with Crippen molar-refractivity contribution in [2.24, 2.45) is 7.05 Å². The number of aromatic nitrogens is 6. The van der Waals surface area contributed by atoms with Gasteiger partial charge in [-0.25, -0.2) is 9.78 Å². The fraction of sp³-hybridized carbons (Fsp3) is 0.375. The van der Waals surface area contributed by atoms with E-state index in [1.165, 1.54) is 4.90 Å². The van der Waals surface area contributed by atoms with Gasteiger partial charge in [0.05, 0.1) is 29.0 Å². The normalized spacial score (nSPS) is 15.4. The molecule has 0 bridgehead atoms. The van der Waals surface area contributed by atoms with Crippen LogP contribution in [-0.4, -0.2) is 52.3 Å². The fourth-order valence-corrected chi connectivity index (χ4v) is 4.73. The molecule has 0 saturated carbocycles. The van der Waals surface area contributed by atoms with Gasteiger partial charge < -0.3 is 15.0 Å². The van der Waals surface area contributed by atoms with Crippen molar-refractivity contribution in [2.75, 3.05) is 4.90 Å². The van der Waals surface area contributed by atoms with Gasteiger partial charge in [-0.2, -0.15) is 10.2 Å². The molecule has 0 spiro atoms. The number of nitrogens with one attached hydrogen (secondary N) is 1. The quantitative estimate of drug-likeness (QED) is 0.422. The van der Waals surface area contributed by atoms with Gasteiger partial charge in [-0.15, -0.1) is 0 Å². The smallest absolute Gasteiger partial charge is 0.412 e. The molecule has 11 nitrogen and oxygen atoms in total. The molecule has 182 valence electrons. The molecule has 0 aliphatic carbocycles. The number of rotatable bonds is 7. The molecule has 2 amide bonds. The van der Waals surface area contributed by atoms with E-state index >= 15 is 0 Å². The molecule has 1 aliphatic rings. The Morgan fingerprint density at radius 3 is 2.80 bits per heavy atom. The predicted octanol–water partition coefficient (Wildman–Crippen LogP) is 2.34. The molecule has 4 aromatic rings. The third-order valence-electron chi connectivity index (χ3n) is 6.46. The minimum atomic E-state index is -0.968. The number of imidazole rings is 1. The summed E-state index contributed by atoms with van der Waals surface area (Å²) < 4.78 is 5.45. The number of benzene rings is 1. The average molecular weight is 477 g/mol. The highest BCUT2D eigenvalue weighted by Crippen LogP contribution is 2.36. The van der Waals surface area contributed by atoms with Crippen LogP contribution in [0.4, 0.5) is 10.5 Å². The van der Waals surface area contributed by atoms with Crippen molar-refractivity contribution >= 4 is 28.7 Å². The molecule has 3 aromatic heterocycles. The Morgan fingerprint density at radius 2 is 2.09 bits per heavy atom. The molecule has 11 heteroatoms. The Labute approximate surface area is 202 Å². The van der Waals surface area contributed by atoms with Crippen LogP contribution < -0.4 is 10.2 Å². The zero-order valence-electron chi connectivity index (χ0n) is 19.8. The lowest BCUT2D eigenvalue weighted by Crippen LogP contribution is -2.41. The molecule has 2 N–H and O–H groups in total. The van der Waals surface area contributed by atoms with E-state index < -0.39 is 6.09 Å². The van der Waals surface area contributed by atoms with E-state index in [1.807, 2.05) is 59.9 Å².